The average Bonchev–Trinajstić information content (AvgIpc) is 3.65. The molecule has 1 aliphatic heterocycles. The van der Waals surface area contributed by atoms with Gasteiger partial charge >= 0.3 is 0 Å². The van der Waals surface area contributed by atoms with E-state index in [1.807, 2.05) is 83.3 Å². The summed E-state index contributed by atoms with van der Waals surface area (Å²) in [6, 6.07) is 29.8. The Morgan fingerprint density at radius 1 is 0.978 bits per heavy atom. The zero-order valence-corrected chi connectivity index (χ0v) is 26.7. The molecule has 1 aliphatic rings. The van der Waals surface area contributed by atoms with Crippen molar-refractivity contribution in [2.75, 3.05) is 5.75 Å². The van der Waals surface area contributed by atoms with E-state index >= 15 is 0 Å². The van der Waals surface area contributed by atoms with Gasteiger partial charge in [-0.3, -0.25) is 14.2 Å². The molecule has 228 valence electrons. The molecule has 0 fully saturated rings. The van der Waals surface area contributed by atoms with Gasteiger partial charge in [0.25, 0.3) is 5.56 Å². The molecule has 0 spiro atoms. The smallest absolute Gasteiger partial charge is 0.263 e. The van der Waals surface area contributed by atoms with Gasteiger partial charge in [0.05, 0.1) is 29.4 Å². The van der Waals surface area contributed by atoms with Crippen LogP contribution in [-0.4, -0.2) is 36.4 Å². The first kappa shape index (κ1) is 29.5. The zero-order chi connectivity index (χ0) is 31.0. The highest BCUT2D eigenvalue weighted by Gasteiger charge is 2.32. The predicted molar refractivity (Wildman–Crippen MR) is 179 cm³/mol. The number of aromatic nitrogens is 4. The molecule has 0 bridgehead atoms. The van der Waals surface area contributed by atoms with E-state index in [0.717, 1.165) is 32.0 Å². The average molecular weight is 636 g/mol. The number of hydrogen-bond donors (Lipinski definition) is 1. The minimum Gasteiger partial charge on any atom is -0.370 e. The number of benzene rings is 3. The summed E-state index contributed by atoms with van der Waals surface area (Å²) in [5.74, 6) is 0.503. The van der Waals surface area contributed by atoms with Crippen molar-refractivity contribution in [2.24, 2.45) is 0 Å². The molecular weight excluding hydrogens is 603 g/mol. The standard InChI is InChI=1S/C35H33N5O3S2/c1-35(2)20-26-27(21-43-35)45-32-29(26)31(42)39(19-18-23-12-6-3-7-13-23)33-37-38-34(40(32)33)44-22-28(41)36-30(24-14-8-4-9-15-24)25-16-10-5-11-17-25/h3-17,30H,18-22H2,1-2H3,(H,36,41). The van der Waals surface area contributed by atoms with Gasteiger partial charge < -0.3 is 10.1 Å². The van der Waals surface area contributed by atoms with Crippen molar-refractivity contribution in [3.05, 3.63) is 128 Å². The first-order valence-electron chi connectivity index (χ1n) is 15.0. The number of ether oxygens (including phenoxy) is 1. The van der Waals surface area contributed by atoms with Crippen molar-refractivity contribution < 1.29 is 9.53 Å². The molecule has 0 saturated carbocycles. The third kappa shape index (κ3) is 5.93. The molecule has 7 rings (SSSR count). The molecule has 45 heavy (non-hydrogen) atoms. The largest absolute Gasteiger partial charge is 0.370 e. The monoisotopic (exact) mass is 635 g/mol. The Morgan fingerprint density at radius 3 is 2.29 bits per heavy atom. The van der Waals surface area contributed by atoms with Crippen molar-refractivity contribution in [1.82, 2.24) is 24.5 Å². The summed E-state index contributed by atoms with van der Waals surface area (Å²) in [4.78, 5) is 29.5. The van der Waals surface area contributed by atoms with Crippen molar-refractivity contribution >= 4 is 45.0 Å². The predicted octanol–water partition coefficient (Wildman–Crippen LogP) is 6.20. The normalized spacial score (nSPS) is 14.2. The number of amides is 1. The summed E-state index contributed by atoms with van der Waals surface area (Å²) in [6.45, 7) is 5.04. The number of aryl methyl sites for hydroxylation is 2. The summed E-state index contributed by atoms with van der Waals surface area (Å²) < 4.78 is 9.81. The van der Waals surface area contributed by atoms with E-state index in [1.54, 1.807) is 15.9 Å². The van der Waals surface area contributed by atoms with Crippen LogP contribution in [0.2, 0.25) is 0 Å². The highest BCUT2D eigenvalue weighted by molar-refractivity contribution is 7.99. The lowest BCUT2D eigenvalue weighted by molar-refractivity contribution is -0.119. The number of thiophene rings is 1. The molecule has 0 atom stereocenters. The van der Waals surface area contributed by atoms with Gasteiger partial charge in [0, 0.05) is 17.8 Å². The van der Waals surface area contributed by atoms with Crippen LogP contribution in [0.3, 0.4) is 0 Å². The number of hydrogen-bond acceptors (Lipinski definition) is 7. The van der Waals surface area contributed by atoms with E-state index in [4.69, 9.17) is 4.74 Å². The van der Waals surface area contributed by atoms with Gasteiger partial charge in [-0.05, 0) is 42.5 Å². The van der Waals surface area contributed by atoms with Crippen molar-refractivity contribution in [3.8, 4) is 0 Å². The lowest BCUT2D eigenvalue weighted by Gasteiger charge is -2.29. The number of nitrogens with zero attached hydrogens (tertiary/aromatic N) is 4. The Balaban J connectivity index is 1.23. The van der Waals surface area contributed by atoms with Crippen LogP contribution in [-0.2, 0) is 35.5 Å². The third-order valence-electron chi connectivity index (χ3n) is 8.16. The van der Waals surface area contributed by atoms with Gasteiger partial charge in [-0.1, -0.05) is 103 Å². The van der Waals surface area contributed by atoms with Gasteiger partial charge in [0.2, 0.25) is 11.7 Å². The number of thioether (sulfide) groups is 1. The fourth-order valence-corrected chi connectivity index (χ4v) is 7.94. The fraction of sp³-hybridized carbons (Fsp3) is 0.257. The van der Waals surface area contributed by atoms with Crippen LogP contribution in [0.4, 0.5) is 0 Å². The SMILES string of the molecule is CC1(C)Cc2c(sc3c2c(=O)n(CCc2ccccc2)c2nnc(SCC(=O)NC(c4ccccc4)c4ccccc4)n32)CO1. The number of fused-ring (bicyclic) bond motifs is 5. The molecule has 0 unspecified atom stereocenters. The van der Waals surface area contributed by atoms with Gasteiger partial charge in [0.1, 0.15) is 4.83 Å². The second-order valence-corrected chi connectivity index (χ2v) is 13.9. The molecular formula is C35H33N5O3S2. The van der Waals surface area contributed by atoms with Crippen molar-refractivity contribution in [3.63, 3.8) is 0 Å². The molecule has 8 nitrogen and oxygen atoms in total. The summed E-state index contributed by atoms with van der Waals surface area (Å²) in [5.41, 5.74) is 3.78. The van der Waals surface area contributed by atoms with Crippen LogP contribution in [0.5, 0.6) is 0 Å². The highest BCUT2D eigenvalue weighted by atomic mass is 32.2. The molecule has 0 saturated heterocycles. The van der Waals surface area contributed by atoms with Gasteiger partial charge in [0.15, 0.2) is 5.16 Å². The van der Waals surface area contributed by atoms with E-state index in [9.17, 15) is 9.59 Å². The Morgan fingerprint density at radius 2 is 1.62 bits per heavy atom. The maximum Gasteiger partial charge on any atom is 0.263 e. The first-order chi connectivity index (χ1) is 21.9. The van der Waals surface area contributed by atoms with E-state index in [-0.39, 0.29) is 28.9 Å². The van der Waals surface area contributed by atoms with Crippen LogP contribution < -0.4 is 10.9 Å². The second kappa shape index (κ2) is 12.3. The van der Waals surface area contributed by atoms with Crippen LogP contribution >= 0.6 is 23.1 Å². The van der Waals surface area contributed by atoms with Gasteiger partial charge in [-0.2, -0.15) is 0 Å². The van der Waals surface area contributed by atoms with E-state index in [2.05, 4.69) is 41.5 Å². The maximum atomic E-state index is 14.2. The van der Waals surface area contributed by atoms with Gasteiger partial charge in [-0.15, -0.1) is 21.5 Å². The summed E-state index contributed by atoms with van der Waals surface area (Å²) in [6.07, 6.45) is 1.33. The Bertz CT molecular complexity index is 2000. The Hall–Kier alpha value is -4.25. The molecule has 4 heterocycles. The topological polar surface area (TPSA) is 90.5 Å². The molecule has 1 amide bonds. The number of nitrogens with one attached hydrogen (secondary N) is 1. The number of carbonyl (C=O) groups is 1. The maximum absolute atomic E-state index is 14.2. The van der Waals surface area contributed by atoms with Crippen LogP contribution in [0.15, 0.2) is 101 Å². The third-order valence-corrected chi connectivity index (χ3v) is 10.3. The molecule has 0 radical (unpaired) electrons. The second-order valence-electron chi connectivity index (χ2n) is 11.8. The molecule has 6 aromatic rings. The van der Waals surface area contributed by atoms with Crippen LogP contribution in [0.25, 0.3) is 16.0 Å². The Labute approximate surface area is 269 Å². The van der Waals surface area contributed by atoms with Crippen molar-refractivity contribution in [2.45, 2.75) is 56.6 Å². The molecule has 10 heteroatoms. The zero-order valence-electron chi connectivity index (χ0n) is 25.1. The Kier molecular flexibility index (Phi) is 8.03. The lowest BCUT2D eigenvalue weighted by Crippen LogP contribution is -2.32. The molecule has 0 aliphatic carbocycles. The van der Waals surface area contributed by atoms with Crippen molar-refractivity contribution in [1.29, 1.82) is 0 Å². The summed E-state index contributed by atoms with van der Waals surface area (Å²) in [5, 5.41) is 13.5. The lowest BCUT2D eigenvalue weighted by atomic mass is 9.94. The molecule has 1 N–H and O–H groups in total. The minimum atomic E-state index is -0.367. The molecule has 3 aromatic carbocycles. The van der Waals surface area contributed by atoms with Crippen LogP contribution in [0, 0.1) is 0 Å². The summed E-state index contributed by atoms with van der Waals surface area (Å²) in [7, 11) is 0. The van der Waals surface area contributed by atoms with Gasteiger partial charge in [-0.25, -0.2) is 4.40 Å². The first-order valence-corrected chi connectivity index (χ1v) is 16.8. The molecule has 3 aromatic heterocycles. The number of rotatable bonds is 9. The van der Waals surface area contributed by atoms with E-state index in [1.165, 1.54) is 11.8 Å². The van der Waals surface area contributed by atoms with E-state index < -0.39 is 0 Å². The fourth-order valence-electron chi connectivity index (χ4n) is 5.92. The van der Waals surface area contributed by atoms with E-state index in [0.29, 0.717) is 42.3 Å². The quantitative estimate of drug-likeness (QED) is 0.191. The highest BCUT2D eigenvalue weighted by Crippen LogP contribution is 2.38. The summed E-state index contributed by atoms with van der Waals surface area (Å²) >= 11 is 2.88. The number of carbonyl (C=O) groups excluding carboxylic acids is 1. The minimum absolute atomic E-state index is 0.0566. The van der Waals surface area contributed by atoms with Crippen LogP contribution in [0.1, 0.15) is 47.0 Å².